The molecule has 1 aliphatic rings. The molecule has 6 nitrogen and oxygen atoms in total. The first-order valence-corrected chi connectivity index (χ1v) is 7.80. The SMILES string of the molecule is CCNCCNC(=O)CSCC(=O)N1CCOCC1. The fourth-order valence-electron chi connectivity index (χ4n) is 1.65. The van der Waals surface area contributed by atoms with Crippen molar-refractivity contribution >= 4 is 23.6 Å². The maximum atomic E-state index is 11.8. The summed E-state index contributed by atoms with van der Waals surface area (Å²) < 4.78 is 5.19. The molecule has 1 saturated heterocycles. The minimum absolute atomic E-state index is 0.0160. The molecule has 0 aliphatic carbocycles. The quantitative estimate of drug-likeness (QED) is 0.579. The van der Waals surface area contributed by atoms with Crippen LogP contribution in [0.1, 0.15) is 6.92 Å². The van der Waals surface area contributed by atoms with Crippen molar-refractivity contribution in [3.8, 4) is 0 Å². The lowest BCUT2D eigenvalue weighted by atomic mass is 10.4. The number of likely N-dealkylation sites (N-methyl/N-ethyl adjacent to an activating group) is 1. The molecule has 2 N–H and O–H groups in total. The van der Waals surface area contributed by atoms with Crippen LogP contribution in [0.5, 0.6) is 0 Å². The summed E-state index contributed by atoms with van der Waals surface area (Å²) in [6.45, 7) is 6.88. The summed E-state index contributed by atoms with van der Waals surface area (Å²) in [7, 11) is 0. The first-order chi connectivity index (χ1) is 9.24. The highest BCUT2D eigenvalue weighted by Gasteiger charge is 2.16. The molecule has 1 heterocycles. The Morgan fingerprint density at radius 1 is 1.21 bits per heavy atom. The van der Waals surface area contributed by atoms with Crippen molar-refractivity contribution < 1.29 is 14.3 Å². The van der Waals surface area contributed by atoms with Crippen molar-refractivity contribution in [1.29, 1.82) is 0 Å². The van der Waals surface area contributed by atoms with Gasteiger partial charge in [0.15, 0.2) is 0 Å². The number of morpholine rings is 1. The third kappa shape index (κ3) is 7.39. The highest BCUT2D eigenvalue weighted by molar-refractivity contribution is 8.00. The lowest BCUT2D eigenvalue weighted by Gasteiger charge is -2.26. The van der Waals surface area contributed by atoms with Crippen LogP contribution < -0.4 is 10.6 Å². The fourth-order valence-corrected chi connectivity index (χ4v) is 2.40. The van der Waals surface area contributed by atoms with E-state index in [1.807, 2.05) is 6.92 Å². The minimum Gasteiger partial charge on any atom is -0.378 e. The molecule has 0 spiro atoms. The Morgan fingerprint density at radius 2 is 1.95 bits per heavy atom. The Morgan fingerprint density at radius 3 is 2.63 bits per heavy atom. The summed E-state index contributed by atoms with van der Waals surface area (Å²) in [6, 6.07) is 0. The second-order valence-corrected chi connectivity index (χ2v) is 5.18. The maximum Gasteiger partial charge on any atom is 0.232 e. The Bertz CT molecular complexity index is 283. The van der Waals surface area contributed by atoms with Crippen LogP contribution in [0.2, 0.25) is 0 Å². The van der Waals surface area contributed by atoms with Crippen LogP contribution in [-0.4, -0.2) is 74.2 Å². The molecule has 19 heavy (non-hydrogen) atoms. The Balaban J connectivity index is 2.02. The monoisotopic (exact) mass is 289 g/mol. The number of carbonyl (C=O) groups is 2. The van der Waals surface area contributed by atoms with E-state index in [0.29, 0.717) is 44.4 Å². The van der Waals surface area contributed by atoms with E-state index in [2.05, 4.69) is 10.6 Å². The van der Waals surface area contributed by atoms with E-state index in [9.17, 15) is 9.59 Å². The van der Waals surface area contributed by atoms with Gasteiger partial charge >= 0.3 is 0 Å². The number of thioether (sulfide) groups is 1. The van der Waals surface area contributed by atoms with Gasteiger partial charge in [-0.15, -0.1) is 11.8 Å². The van der Waals surface area contributed by atoms with Crippen molar-refractivity contribution in [3.63, 3.8) is 0 Å². The highest BCUT2D eigenvalue weighted by atomic mass is 32.2. The molecule has 2 amide bonds. The lowest BCUT2D eigenvalue weighted by molar-refractivity contribution is -0.132. The zero-order valence-electron chi connectivity index (χ0n) is 11.4. The number of nitrogens with one attached hydrogen (secondary N) is 2. The Hall–Kier alpha value is -0.790. The minimum atomic E-state index is -0.0160. The van der Waals surface area contributed by atoms with Gasteiger partial charge in [-0.2, -0.15) is 0 Å². The molecule has 7 heteroatoms. The molecule has 0 atom stereocenters. The number of hydrogen-bond donors (Lipinski definition) is 2. The summed E-state index contributed by atoms with van der Waals surface area (Å²) in [5, 5.41) is 5.93. The highest BCUT2D eigenvalue weighted by Crippen LogP contribution is 2.04. The van der Waals surface area contributed by atoms with Gasteiger partial charge in [-0.05, 0) is 6.54 Å². The first-order valence-electron chi connectivity index (χ1n) is 6.64. The molecule has 0 aromatic rings. The lowest BCUT2D eigenvalue weighted by Crippen LogP contribution is -2.41. The summed E-state index contributed by atoms with van der Waals surface area (Å²) >= 11 is 1.36. The summed E-state index contributed by atoms with van der Waals surface area (Å²) in [5.74, 6) is 0.773. The third-order valence-corrected chi connectivity index (χ3v) is 3.61. The van der Waals surface area contributed by atoms with Crippen LogP contribution in [0.15, 0.2) is 0 Å². The van der Waals surface area contributed by atoms with E-state index < -0.39 is 0 Å². The van der Waals surface area contributed by atoms with Gasteiger partial charge in [0.2, 0.25) is 11.8 Å². The summed E-state index contributed by atoms with van der Waals surface area (Å²) in [4.78, 5) is 25.0. The largest absolute Gasteiger partial charge is 0.378 e. The number of nitrogens with zero attached hydrogens (tertiary/aromatic N) is 1. The Kier molecular flexibility index (Phi) is 8.61. The van der Waals surface area contributed by atoms with E-state index in [0.717, 1.165) is 13.1 Å². The predicted octanol–water partition coefficient (Wildman–Crippen LogP) is -0.696. The first kappa shape index (κ1) is 16.3. The molecule has 1 rings (SSSR count). The average Bonchev–Trinajstić information content (AvgIpc) is 2.44. The molecular weight excluding hydrogens is 266 g/mol. The standard InChI is InChI=1S/C12H23N3O3S/c1-2-13-3-4-14-11(16)9-19-10-12(17)15-5-7-18-8-6-15/h13H,2-10H2,1H3,(H,14,16). The van der Waals surface area contributed by atoms with Crippen LogP contribution in [0.3, 0.4) is 0 Å². The smallest absolute Gasteiger partial charge is 0.232 e. The van der Waals surface area contributed by atoms with Gasteiger partial charge in [-0.3, -0.25) is 9.59 Å². The van der Waals surface area contributed by atoms with Crippen molar-refractivity contribution in [3.05, 3.63) is 0 Å². The summed E-state index contributed by atoms with van der Waals surface area (Å²) in [5.41, 5.74) is 0. The maximum absolute atomic E-state index is 11.8. The Labute approximate surface area is 118 Å². The average molecular weight is 289 g/mol. The number of hydrogen-bond acceptors (Lipinski definition) is 5. The number of amides is 2. The number of rotatable bonds is 8. The second-order valence-electron chi connectivity index (χ2n) is 4.19. The molecule has 110 valence electrons. The molecule has 0 aromatic carbocycles. The molecule has 0 aromatic heterocycles. The van der Waals surface area contributed by atoms with Gasteiger partial charge in [0.05, 0.1) is 24.7 Å². The number of ether oxygens (including phenoxy) is 1. The van der Waals surface area contributed by atoms with E-state index in [1.54, 1.807) is 4.90 Å². The van der Waals surface area contributed by atoms with Crippen LogP contribution in [0.4, 0.5) is 0 Å². The zero-order valence-corrected chi connectivity index (χ0v) is 12.3. The molecule has 0 saturated carbocycles. The third-order valence-electron chi connectivity index (χ3n) is 2.70. The predicted molar refractivity (Wildman–Crippen MR) is 76.3 cm³/mol. The van der Waals surface area contributed by atoms with Gasteiger partial charge in [-0.25, -0.2) is 0 Å². The van der Waals surface area contributed by atoms with Crippen molar-refractivity contribution in [1.82, 2.24) is 15.5 Å². The molecule has 1 aliphatic heterocycles. The van der Waals surface area contributed by atoms with E-state index in [-0.39, 0.29) is 11.8 Å². The van der Waals surface area contributed by atoms with Gasteiger partial charge in [0.25, 0.3) is 0 Å². The molecular formula is C12H23N3O3S. The van der Waals surface area contributed by atoms with Gasteiger partial charge in [-0.1, -0.05) is 6.92 Å². The van der Waals surface area contributed by atoms with Crippen LogP contribution >= 0.6 is 11.8 Å². The summed E-state index contributed by atoms with van der Waals surface area (Å²) in [6.07, 6.45) is 0. The normalized spacial score (nSPS) is 15.3. The molecule has 1 fully saturated rings. The molecule has 0 bridgehead atoms. The van der Waals surface area contributed by atoms with Crippen LogP contribution in [0.25, 0.3) is 0 Å². The van der Waals surface area contributed by atoms with Gasteiger partial charge < -0.3 is 20.3 Å². The van der Waals surface area contributed by atoms with E-state index in [4.69, 9.17) is 4.74 Å². The van der Waals surface area contributed by atoms with Gasteiger partial charge in [0, 0.05) is 26.2 Å². The van der Waals surface area contributed by atoms with Crippen molar-refractivity contribution in [2.45, 2.75) is 6.92 Å². The fraction of sp³-hybridized carbons (Fsp3) is 0.833. The van der Waals surface area contributed by atoms with Gasteiger partial charge in [0.1, 0.15) is 0 Å². The van der Waals surface area contributed by atoms with Crippen LogP contribution in [0, 0.1) is 0 Å². The zero-order chi connectivity index (χ0) is 13.9. The molecule has 0 radical (unpaired) electrons. The van der Waals surface area contributed by atoms with Crippen molar-refractivity contribution in [2.75, 3.05) is 57.4 Å². The van der Waals surface area contributed by atoms with Crippen molar-refractivity contribution in [2.24, 2.45) is 0 Å². The van der Waals surface area contributed by atoms with Crippen LogP contribution in [-0.2, 0) is 14.3 Å². The van der Waals surface area contributed by atoms with E-state index in [1.165, 1.54) is 11.8 Å². The molecule has 0 unspecified atom stereocenters. The van der Waals surface area contributed by atoms with E-state index >= 15 is 0 Å². The second kappa shape index (κ2) is 10.1. The topological polar surface area (TPSA) is 70.7 Å². The number of carbonyl (C=O) groups excluding carboxylic acids is 2.